The minimum absolute atomic E-state index is 0.0534. The fourth-order valence-electron chi connectivity index (χ4n) is 2.11. The van der Waals surface area contributed by atoms with Crippen LogP contribution < -0.4 is 5.32 Å². The SMILES string of the molecule is CCNC(c1ccc(C(F)(F)F)cc1)c1sccc1C. The predicted octanol–water partition coefficient (Wildman–Crippen LogP) is 4.77. The Balaban J connectivity index is 2.33. The van der Waals surface area contributed by atoms with Crippen molar-refractivity contribution < 1.29 is 13.2 Å². The number of hydrogen-bond acceptors (Lipinski definition) is 2. The summed E-state index contributed by atoms with van der Waals surface area (Å²) in [6.45, 7) is 4.75. The molecule has 0 aliphatic carbocycles. The van der Waals surface area contributed by atoms with Crippen molar-refractivity contribution in [3.63, 3.8) is 0 Å². The molecule has 0 aliphatic heterocycles. The fraction of sp³-hybridized carbons (Fsp3) is 0.333. The first-order valence-electron chi connectivity index (χ1n) is 6.38. The molecule has 1 atom stereocenters. The van der Waals surface area contributed by atoms with Crippen LogP contribution in [0.1, 0.15) is 34.5 Å². The van der Waals surface area contributed by atoms with Crippen molar-refractivity contribution >= 4 is 11.3 Å². The molecule has 108 valence electrons. The first kappa shape index (κ1) is 15.1. The van der Waals surface area contributed by atoms with Gasteiger partial charge in [-0.3, -0.25) is 0 Å². The van der Waals surface area contributed by atoms with Crippen LogP contribution in [0.25, 0.3) is 0 Å². The molecule has 2 rings (SSSR count). The third-order valence-corrected chi connectivity index (χ3v) is 4.23. The van der Waals surface area contributed by atoms with E-state index in [4.69, 9.17) is 0 Å². The van der Waals surface area contributed by atoms with E-state index in [1.807, 2.05) is 25.3 Å². The highest BCUT2D eigenvalue weighted by molar-refractivity contribution is 7.10. The lowest BCUT2D eigenvalue weighted by Gasteiger charge is -2.19. The lowest BCUT2D eigenvalue weighted by molar-refractivity contribution is -0.137. The zero-order valence-corrected chi connectivity index (χ0v) is 12.1. The molecule has 5 heteroatoms. The molecule has 0 fully saturated rings. The fourth-order valence-corrected chi connectivity index (χ4v) is 3.14. The summed E-state index contributed by atoms with van der Waals surface area (Å²) in [5.41, 5.74) is 1.39. The van der Waals surface area contributed by atoms with Gasteiger partial charge in [0, 0.05) is 4.88 Å². The van der Waals surface area contributed by atoms with Crippen LogP contribution in [0.15, 0.2) is 35.7 Å². The maximum atomic E-state index is 12.6. The van der Waals surface area contributed by atoms with E-state index in [0.29, 0.717) is 0 Å². The zero-order chi connectivity index (χ0) is 14.8. The maximum absolute atomic E-state index is 12.6. The van der Waals surface area contributed by atoms with Crippen LogP contribution in [-0.2, 0) is 6.18 Å². The number of nitrogens with one attached hydrogen (secondary N) is 1. The van der Waals surface area contributed by atoms with E-state index in [0.717, 1.165) is 34.7 Å². The van der Waals surface area contributed by atoms with Gasteiger partial charge in [-0.15, -0.1) is 11.3 Å². The smallest absolute Gasteiger partial charge is 0.306 e. The van der Waals surface area contributed by atoms with Gasteiger partial charge >= 0.3 is 6.18 Å². The summed E-state index contributed by atoms with van der Waals surface area (Å²) in [4.78, 5) is 1.15. The van der Waals surface area contributed by atoms with Gasteiger partial charge in [-0.05, 0) is 48.2 Å². The van der Waals surface area contributed by atoms with Crippen molar-refractivity contribution in [2.45, 2.75) is 26.1 Å². The lowest BCUT2D eigenvalue weighted by Crippen LogP contribution is -2.21. The molecule has 0 saturated carbocycles. The highest BCUT2D eigenvalue weighted by Crippen LogP contribution is 2.33. The Hall–Kier alpha value is -1.33. The number of aryl methyl sites for hydroxylation is 1. The quantitative estimate of drug-likeness (QED) is 0.857. The second kappa shape index (κ2) is 5.97. The molecule has 0 saturated heterocycles. The normalized spacial score (nSPS) is 13.4. The van der Waals surface area contributed by atoms with Crippen molar-refractivity contribution in [2.75, 3.05) is 6.54 Å². The number of rotatable bonds is 4. The van der Waals surface area contributed by atoms with Crippen LogP contribution in [0.4, 0.5) is 13.2 Å². The Labute approximate surface area is 120 Å². The molecule has 20 heavy (non-hydrogen) atoms. The number of hydrogen-bond donors (Lipinski definition) is 1. The number of alkyl halides is 3. The molecule has 0 bridgehead atoms. The van der Waals surface area contributed by atoms with Crippen LogP contribution in [0, 0.1) is 6.92 Å². The van der Waals surface area contributed by atoms with Crippen LogP contribution in [0.5, 0.6) is 0 Å². The van der Waals surface area contributed by atoms with Gasteiger partial charge in [-0.2, -0.15) is 13.2 Å². The molecule has 0 amide bonds. The molecular weight excluding hydrogens is 283 g/mol. The molecule has 0 spiro atoms. The van der Waals surface area contributed by atoms with Gasteiger partial charge in [0.05, 0.1) is 11.6 Å². The summed E-state index contributed by atoms with van der Waals surface area (Å²) in [7, 11) is 0. The van der Waals surface area contributed by atoms with Crippen LogP contribution in [0.2, 0.25) is 0 Å². The van der Waals surface area contributed by atoms with Crippen molar-refractivity contribution in [3.05, 3.63) is 57.3 Å². The average molecular weight is 299 g/mol. The Kier molecular flexibility index (Phi) is 4.50. The number of thiophene rings is 1. The van der Waals surface area contributed by atoms with Crippen molar-refractivity contribution in [1.82, 2.24) is 5.32 Å². The predicted molar refractivity (Wildman–Crippen MR) is 76.0 cm³/mol. The largest absolute Gasteiger partial charge is 0.416 e. The third-order valence-electron chi connectivity index (χ3n) is 3.14. The molecule has 1 unspecified atom stereocenters. The van der Waals surface area contributed by atoms with Gasteiger partial charge in [-0.25, -0.2) is 0 Å². The van der Waals surface area contributed by atoms with E-state index in [1.165, 1.54) is 0 Å². The highest BCUT2D eigenvalue weighted by atomic mass is 32.1. The van der Waals surface area contributed by atoms with E-state index in [-0.39, 0.29) is 6.04 Å². The van der Waals surface area contributed by atoms with Gasteiger partial charge in [0.2, 0.25) is 0 Å². The van der Waals surface area contributed by atoms with E-state index in [9.17, 15) is 13.2 Å². The zero-order valence-electron chi connectivity index (χ0n) is 11.3. The highest BCUT2D eigenvalue weighted by Gasteiger charge is 2.30. The minimum atomic E-state index is -4.29. The van der Waals surface area contributed by atoms with Gasteiger partial charge in [-0.1, -0.05) is 19.1 Å². The third kappa shape index (κ3) is 3.22. The standard InChI is InChI=1S/C15H16F3NS/c1-3-19-13(14-10(2)8-9-20-14)11-4-6-12(7-5-11)15(16,17)18/h4-9,13,19H,3H2,1-2H3. The lowest BCUT2D eigenvalue weighted by atomic mass is 10.0. The Morgan fingerprint density at radius 1 is 1.15 bits per heavy atom. The summed E-state index contributed by atoms with van der Waals surface area (Å²) in [5, 5.41) is 5.33. The number of halogens is 3. The molecule has 1 nitrogen and oxygen atoms in total. The van der Waals surface area contributed by atoms with Crippen molar-refractivity contribution in [1.29, 1.82) is 0 Å². The van der Waals surface area contributed by atoms with Crippen molar-refractivity contribution in [2.24, 2.45) is 0 Å². The molecule has 1 N–H and O–H groups in total. The Morgan fingerprint density at radius 2 is 1.80 bits per heavy atom. The van der Waals surface area contributed by atoms with Gasteiger partial charge < -0.3 is 5.32 Å². The Bertz CT molecular complexity index is 557. The maximum Gasteiger partial charge on any atom is 0.416 e. The topological polar surface area (TPSA) is 12.0 Å². The van der Waals surface area contributed by atoms with Crippen molar-refractivity contribution in [3.8, 4) is 0 Å². The van der Waals surface area contributed by atoms with E-state index in [1.54, 1.807) is 23.5 Å². The second-order valence-corrected chi connectivity index (χ2v) is 5.53. The molecule has 1 heterocycles. The van der Waals surface area contributed by atoms with E-state index in [2.05, 4.69) is 5.32 Å². The van der Waals surface area contributed by atoms with E-state index < -0.39 is 11.7 Å². The summed E-state index contributed by atoms with van der Waals surface area (Å²) in [6, 6.07) is 7.35. The van der Waals surface area contributed by atoms with Gasteiger partial charge in [0.15, 0.2) is 0 Å². The monoisotopic (exact) mass is 299 g/mol. The van der Waals surface area contributed by atoms with Crippen LogP contribution >= 0.6 is 11.3 Å². The Morgan fingerprint density at radius 3 is 2.25 bits per heavy atom. The van der Waals surface area contributed by atoms with Gasteiger partial charge in [0.25, 0.3) is 0 Å². The number of benzene rings is 1. The summed E-state index contributed by atoms with van der Waals surface area (Å²) in [5.74, 6) is 0. The first-order chi connectivity index (χ1) is 9.43. The van der Waals surface area contributed by atoms with E-state index >= 15 is 0 Å². The molecule has 0 aliphatic rings. The molecule has 2 aromatic rings. The second-order valence-electron chi connectivity index (χ2n) is 4.58. The van der Waals surface area contributed by atoms with Crippen LogP contribution in [-0.4, -0.2) is 6.54 Å². The molecule has 1 aromatic heterocycles. The summed E-state index contributed by atoms with van der Waals surface area (Å²) >= 11 is 1.62. The average Bonchev–Trinajstić information content (AvgIpc) is 2.81. The summed E-state index contributed by atoms with van der Waals surface area (Å²) < 4.78 is 37.8. The molecule has 0 radical (unpaired) electrons. The molecular formula is C15H16F3NS. The molecule has 1 aromatic carbocycles. The van der Waals surface area contributed by atoms with Crippen LogP contribution in [0.3, 0.4) is 0 Å². The minimum Gasteiger partial charge on any atom is -0.306 e. The van der Waals surface area contributed by atoms with Gasteiger partial charge in [0.1, 0.15) is 0 Å². The first-order valence-corrected chi connectivity index (χ1v) is 7.26. The summed E-state index contributed by atoms with van der Waals surface area (Å²) in [6.07, 6.45) is -4.29.